The summed E-state index contributed by atoms with van der Waals surface area (Å²) >= 11 is 0. The number of carbonyl (C=O) groups excluding carboxylic acids is 1. The van der Waals surface area contributed by atoms with Gasteiger partial charge in [0.15, 0.2) is 5.65 Å². The molecule has 2 fully saturated rings. The number of aromatic nitrogens is 4. The minimum atomic E-state index is -0.224. The number of carbonyl (C=O) groups is 1. The highest BCUT2D eigenvalue weighted by Gasteiger charge is 2.26. The molecule has 0 radical (unpaired) electrons. The monoisotopic (exact) mass is 314 g/mol. The fourth-order valence-corrected chi connectivity index (χ4v) is 3.59. The van der Waals surface area contributed by atoms with Crippen molar-refractivity contribution in [3.8, 4) is 0 Å². The van der Waals surface area contributed by atoms with Crippen molar-refractivity contribution in [1.82, 2.24) is 25.1 Å². The molecule has 23 heavy (non-hydrogen) atoms. The van der Waals surface area contributed by atoms with Crippen molar-refractivity contribution in [2.45, 2.75) is 50.5 Å². The molecule has 0 bridgehead atoms. The number of fused-ring (bicyclic) bond motifs is 1. The van der Waals surface area contributed by atoms with Gasteiger partial charge >= 0.3 is 0 Å². The number of nitrogens with one attached hydrogen (secondary N) is 2. The van der Waals surface area contributed by atoms with E-state index in [1.54, 1.807) is 10.9 Å². The van der Waals surface area contributed by atoms with Crippen molar-refractivity contribution in [2.75, 3.05) is 11.9 Å². The Bertz CT molecular complexity index is 733. The summed E-state index contributed by atoms with van der Waals surface area (Å²) in [4.78, 5) is 21.6. The number of aryl methyl sites for hydroxylation is 1. The molecule has 0 aromatic carbocycles. The van der Waals surface area contributed by atoms with Gasteiger partial charge in [0.2, 0.25) is 5.91 Å². The maximum absolute atomic E-state index is 12.0. The van der Waals surface area contributed by atoms with Crippen LogP contribution in [0.1, 0.15) is 50.3 Å². The zero-order chi connectivity index (χ0) is 15.8. The molecule has 7 nitrogen and oxygen atoms in total. The summed E-state index contributed by atoms with van der Waals surface area (Å²) in [5, 5.41) is 11.4. The Morgan fingerprint density at radius 1 is 1.22 bits per heavy atom. The number of nitrogens with zero attached hydrogens (tertiary/aromatic N) is 4. The average molecular weight is 314 g/mol. The molecule has 2 aliphatic rings. The first-order valence-electron chi connectivity index (χ1n) is 8.46. The minimum absolute atomic E-state index is 0.0503. The van der Waals surface area contributed by atoms with E-state index in [0.29, 0.717) is 5.92 Å². The van der Waals surface area contributed by atoms with E-state index < -0.39 is 0 Å². The molecule has 1 amide bonds. The first-order valence-corrected chi connectivity index (χ1v) is 8.46. The minimum Gasteiger partial charge on any atom is -0.358 e. The van der Waals surface area contributed by atoms with Crippen molar-refractivity contribution in [3.05, 3.63) is 12.0 Å². The fraction of sp³-hybridized carbons (Fsp3) is 0.625. The van der Waals surface area contributed by atoms with Crippen LogP contribution in [-0.2, 0) is 11.8 Å². The van der Waals surface area contributed by atoms with Crippen LogP contribution in [0.5, 0.6) is 0 Å². The summed E-state index contributed by atoms with van der Waals surface area (Å²) in [5.41, 5.74) is 0.834. The topological polar surface area (TPSA) is 84.7 Å². The smallest absolute Gasteiger partial charge is 0.242 e. The molecular formula is C16H22N6O. The van der Waals surface area contributed by atoms with Gasteiger partial charge in [0.1, 0.15) is 17.7 Å². The second-order valence-corrected chi connectivity index (χ2v) is 6.55. The Kier molecular flexibility index (Phi) is 3.63. The third-order valence-corrected chi connectivity index (χ3v) is 4.93. The van der Waals surface area contributed by atoms with Crippen molar-refractivity contribution >= 4 is 22.8 Å². The lowest BCUT2D eigenvalue weighted by Gasteiger charge is -2.23. The van der Waals surface area contributed by atoms with Crippen molar-refractivity contribution in [1.29, 1.82) is 0 Å². The molecule has 0 spiro atoms. The Morgan fingerprint density at radius 2 is 2.04 bits per heavy atom. The molecular weight excluding hydrogens is 292 g/mol. The van der Waals surface area contributed by atoms with Crippen LogP contribution in [-0.4, -0.2) is 38.2 Å². The second-order valence-electron chi connectivity index (χ2n) is 6.55. The molecule has 1 atom stereocenters. The fourth-order valence-electron chi connectivity index (χ4n) is 3.59. The maximum atomic E-state index is 12.0. The molecule has 0 unspecified atom stereocenters. The Morgan fingerprint density at radius 3 is 2.83 bits per heavy atom. The molecule has 2 aromatic heterocycles. The predicted molar refractivity (Wildman–Crippen MR) is 87.2 cm³/mol. The third kappa shape index (κ3) is 2.64. The highest BCUT2D eigenvalue weighted by Crippen LogP contribution is 2.34. The summed E-state index contributed by atoms with van der Waals surface area (Å²) in [6.45, 7) is 0.760. The van der Waals surface area contributed by atoms with E-state index in [4.69, 9.17) is 9.97 Å². The molecule has 4 rings (SSSR count). The Hall–Kier alpha value is -2.18. The van der Waals surface area contributed by atoms with E-state index in [9.17, 15) is 4.79 Å². The van der Waals surface area contributed by atoms with Crippen LogP contribution in [0.25, 0.3) is 11.0 Å². The molecule has 1 aliphatic heterocycles. The maximum Gasteiger partial charge on any atom is 0.242 e. The van der Waals surface area contributed by atoms with E-state index in [2.05, 4.69) is 15.7 Å². The van der Waals surface area contributed by atoms with Gasteiger partial charge in [-0.1, -0.05) is 12.8 Å². The lowest BCUT2D eigenvalue weighted by Crippen LogP contribution is -2.44. The number of amides is 1. The van der Waals surface area contributed by atoms with Crippen LogP contribution in [0, 0.1) is 0 Å². The van der Waals surface area contributed by atoms with E-state index in [1.807, 2.05) is 7.05 Å². The average Bonchev–Trinajstić information content (AvgIpc) is 3.20. The Labute approximate surface area is 134 Å². The first-order chi connectivity index (χ1) is 11.2. The van der Waals surface area contributed by atoms with Gasteiger partial charge in [-0.15, -0.1) is 0 Å². The number of piperidine rings is 1. The van der Waals surface area contributed by atoms with Crippen LogP contribution in [0.2, 0.25) is 0 Å². The molecule has 1 aliphatic carbocycles. The van der Waals surface area contributed by atoms with Gasteiger partial charge in [-0.25, -0.2) is 9.97 Å². The highest BCUT2D eigenvalue weighted by atomic mass is 16.2. The zero-order valence-electron chi connectivity index (χ0n) is 13.4. The largest absolute Gasteiger partial charge is 0.358 e. The van der Waals surface area contributed by atoms with Crippen LogP contribution >= 0.6 is 0 Å². The molecule has 7 heteroatoms. The molecule has 2 aromatic rings. The van der Waals surface area contributed by atoms with E-state index in [-0.39, 0.29) is 11.9 Å². The van der Waals surface area contributed by atoms with Crippen LogP contribution in [0.15, 0.2) is 6.20 Å². The number of anilines is 1. The molecule has 2 N–H and O–H groups in total. The van der Waals surface area contributed by atoms with Gasteiger partial charge in [-0.3, -0.25) is 9.48 Å². The lowest BCUT2D eigenvalue weighted by molar-refractivity contribution is -0.123. The van der Waals surface area contributed by atoms with Gasteiger partial charge in [-0.2, -0.15) is 5.10 Å². The van der Waals surface area contributed by atoms with Gasteiger partial charge in [0.25, 0.3) is 0 Å². The predicted octanol–water partition coefficient (Wildman–Crippen LogP) is 1.71. The molecule has 122 valence electrons. The third-order valence-electron chi connectivity index (χ3n) is 4.93. The van der Waals surface area contributed by atoms with Gasteiger partial charge in [0, 0.05) is 19.5 Å². The van der Waals surface area contributed by atoms with Crippen molar-refractivity contribution in [2.24, 2.45) is 7.05 Å². The summed E-state index contributed by atoms with van der Waals surface area (Å²) in [6, 6.07) is -0.224. The summed E-state index contributed by atoms with van der Waals surface area (Å²) in [7, 11) is 1.89. The van der Waals surface area contributed by atoms with Crippen LogP contribution in [0.3, 0.4) is 0 Å². The number of hydrogen-bond acceptors (Lipinski definition) is 5. The summed E-state index contributed by atoms with van der Waals surface area (Å²) < 4.78 is 1.78. The first kappa shape index (κ1) is 14.4. The Balaban J connectivity index is 1.72. The van der Waals surface area contributed by atoms with E-state index >= 15 is 0 Å². The zero-order valence-corrected chi connectivity index (χ0v) is 13.4. The van der Waals surface area contributed by atoms with E-state index in [1.165, 1.54) is 12.8 Å². The van der Waals surface area contributed by atoms with Crippen molar-refractivity contribution in [3.63, 3.8) is 0 Å². The normalized spacial score (nSPS) is 22.5. The van der Waals surface area contributed by atoms with E-state index in [0.717, 1.165) is 54.9 Å². The lowest BCUT2D eigenvalue weighted by atomic mass is 10.1. The van der Waals surface area contributed by atoms with Gasteiger partial charge in [0.05, 0.1) is 11.6 Å². The van der Waals surface area contributed by atoms with Crippen LogP contribution in [0.4, 0.5) is 5.82 Å². The number of rotatable bonds is 3. The van der Waals surface area contributed by atoms with Gasteiger partial charge in [-0.05, 0) is 25.7 Å². The number of hydrogen-bond donors (Lipinski definition) is 2. The molecule has 1 saturated carbocycles. The molecule has 3 heterocycles. The standard InChI is InChI=1S/C16H22N6O/c1-22-15-11(9-18-22)14(19-12-7-4-8-17-16(12)23)20-13(21-15)10-5-2-3-6-10/h9-10,12H,2-8H2,1H3,(H,17,23)(H,19,20,21)/t12-/m1/s1. The molecule has 1 saturated heterocycles. The van der Waals surface area contributed by atoms with Crippen molar-refractivity contribution < 1.29 is 4.79 Å². The second kappa shape index (κ2) is 5.79. The summed E-state index contributed by atoms with van der Waals surface area (Å²) in [5.74, 6) is 2.11. The quantitative estimate of drug-likeness (QED) is 0.901. The highest BCUT2D eigenvalue weighted by molar-refractivity contribution is 5.91. The van der Waals surface area contributed by atoms with Crippen LogP contribution < -0.4 is 10.6 Å². The van der Waals surface area contributed by atoms with Gasteiger partial charge < -0.3 is 10.6 Å². The summed E-state index contributed by atoms with van der Waals surface area (Å²) in [6.07, 6.45) is 8.36. The SMILES string of the molecule is Cn1ncc2c(N[C@@H]3CCCNC3=O)nc(C3CCCC3)nc21.